The second-order valence-electron chi connectivity index (χ2n) is 4.35. The largest absolute Gasteiger partial charge is 0.497 e. The fourth-order valence-corrected chi connectivity index (χ4v) is 2.16. The van der Waals surface area contributed by atoms with Crippen LogP contribution in [-0.4, -0.2) is 25.3 Å². The predicted octanol–water partition coefficient (Wildman–Crippen LogP) is 2.28. The van der Waals surface area contributed by atoms with Crippen LogP contribution >= 0.6 is 0 Å². The van der Waals surface area contributed by atoms with Crippen LogP contribution in [0.2, 0.25) is 0 Å². The van der Waals surface area contributed by atoms with Crippen molar-refractivity contribution in [2.45, 2.75) is 18.8 Å². The van der Waals surface area contributed by atoms with Gasteiger partial charge in [-0.05, 0) is 36.5 Å². The summed E-state index contributed by atoms with van der Waals surface area (Å²) in [6.07, 6.45) is 1.40. The highest BCUT2D eigenvalue weighted by Gasteiger charge is 2.35. The van der Waals surface area contributed by atoms with Crippen LogP contribution in [0.25, 0.3) is 0 Å². The van der Waals surface area contributed by atoms with E-state index in [1.165, 1.54) is 0 Å². The van der Waals surface area contributed by atoms with E-state index in [1.54, 1.807) is 14.2 Å². The molecule has 0 saturated heterocycles. The molecular weight excluding hydrogens is 220 g/mol. The van der Waals surface area contributed by atoms with E-state index in [2.05, 4.69) is 0 Å². The summed E-state index contributed by atoms with van der Waals surface area (Å²) in [4.78, 5) is 10.8. The lowest BCUT2D eigenvalue weighted by atomic mass is 9.71. The highest BCUT2D eigenvalue weighted by molar-refractivity contribution is 5.71. The van der Waals surface area contributed by atoms with E-state index < -0.39 is 5.97 Å². The van der Waals surface area contributed by atoms with Crippen molar-refractivity contribution in [3.63, 3.8) is 0 Å². The smallest absolute Gasteiger partial charge is 0.306 e. The fourth-order valence-electron chi connectivity index (χ4n) is 2.16. The molecule has 2 rings (SSSR count). The van der Waals surface area contributed by atoms with Crippen LogP contribution < -0.4 is 9.47 Å². The zero-order valence-electron chi connectivity index (χ0n) is 9.97. The third-order valence-corrected chi connectivity index (χ3v) is 3.33. The number of ether oxygens (including phenoxy) is 2. The molecular formula is C13H16O4. The van der Waals surface area contributed by atoms with E-state index in [1.807, 2.05) is 18.2 Å². The molecule has 0 unspecified atom stereocenters. The quantitative estimate of drug-likeness (QED) is 0.871. The van der Waals surface area contributed by atoms with Gasteiger partial charge in [-0.15, -0.1) is 0 Å². The Labute approximate surface area is 100 Å². The molecule has 4 nitrogen and oxygen atoms in total. The number of carboxylic acid groups (broad SMARTS) is 1. The Hall–Kier alpha value is -1.71. The Morgan fingerprint density at radius 3 is 2.12 bits per heavy atom. The van der Waals surface area contributed by atoms with Crippen LogP contribution in [0.15, 0.2) is 18.2 Å². The molecule has 1 fully saturated rings. The summed E-state index contributed by atoms with van der Waals surface area (Å²) < 4.78 is 10.4. The maximum absolute atomic E-state index is 10.8. The van der Waals surface area contributed by atoms with Gasteiger partial charge in [0.05, 0.1) is 20.1 Å². The van der Waals surface area contributed by atoms with Crippen molar-refractivity contribution < 1.29 is 19.4 Å². The van der Waals surface area contributed by atoms with Crippen LogP contribution in [0.3, 0.4) is 0 Å². The Morgan fingerprint density at radius 2 is 1.71 bits per heavy atom. The van der Waals surface area contributed by atoms with Crippen LogP contribution in [-0.2, 0) is 4.79 Å². The Kier molecular flexibility index (Phi) is 3.22. The lowest BCUT2D eigenvalue weighted by Crippen LogP contribution is -2.28. The first-order chi connectivity index (χ1) is 8.13. The molecule has 1 aromatic carbocycles. The number of carboxylic acids is 1. The maximum atomic E-state index is 10.8. The minimum Gasteiger partial charge on any atom is -0.497 e. The zero-order chi connectivity index (χ0) is 12.4. The lowest BCUT2D eigenvalue weighted by molar-refractivity contribution is -0.145. The van der Waals surface area contributed by atoms with Crippen LogP contribution in [0.4, 0.5) is 0 Å². The van der Waals surface area contributed by atoms with Gasteiger partial charge in [-0.3, -0.25) is 4.79 Å². The maximum Gasteiger partial charge on any atom is 0.306 e. The second-order valence-corrected chi connectivity index (χ2v) is 4.35. The minimum atomic E-state index is -0.698. The summed E-state index contributed by atoms with van der Waals surface area (Å²) in [5.41, 5.74) is 1.10. The van der Waals surface area contributed by atoms with Gasteiger partial charge < -0.3 is 14.6 Å². The van der Waals surface area contributed by atoms with Crippen molar-refractivity contribution >= 4 is 5.97 Å². The van der Waals surface area contributed by atoms with E-state index >= 15 is 0 Å². The topological polar surface area (TPSA) is 55.8 Å². The molecule has 1 saturated carbocycles. The van der Waals surface area contributed by atoms with E-state index in [0.29, 0.717) is 18.8 Å². The van der Waals surface area contributed by atoms with Crippen LogP contribution in [0.5, 0.6) is 11.5 Å². The van der Waals surface area contributed by atoms with Crippen LogP contribution in [0, 0.1) is 5.92 Å². The summed E-state index contributed by atoms with van der Waals surface area (Å²) in [5, 5.41) is 8.85. The third-order valence-electron chi connectivity index (χ3n) is 3.33. The zero-order valence-corrected chi connectivity index (χ0v) is 9.97. The fraction of sp³-hybridized carbons (Fsp3) is 0.462. The monoisotopic (exact) mass is 236 g/mol. The predicted molar refractivity (Wildman–Crippen MR) is 62.6 cm³/mol. The molecule has 4 heteroatoms. The Morgan fingerprint density at radius 1 is 1.18 bits per heavy atom. The molecule has 1 aromatic rings. The van der Waals surface area contributed by atoms with E-state index in [0.717, 1.165) is 17.1 Å². The van der Waals surface area contributed by atoms with Gasteiger partial charge in [0.25, 0.3) is 0 Å². The average Bonchev–Trinajstić information content (AvgIpc) is 2.26. The molecule has 0 bridgehead atoms. The number of benzene rings is 1. The second kappa shape index (κ2) is 4.65. The van der Waals surface area contributed by atoms with Crippen molar-refractivity contribution in [3.05, 3.63) is 23.8 Å². The number of carbonyl (C=O) groups is 1. The van der Waals surface area contributed by atoms with Crippen molar-refractivity contribution in [1.82, 2.24) is 0 Å². The first-order valence-electron chi connectivity index (χ1n) is 5.59. The van der Waals surface area contributed by atoms with Gasteiger partial charge >= 0.3 is 5.97 Å². The van der Waals surface area contributed by atoms with Gasteiger partial charge in [-0.1, -0.05) is 0 Å². The Bertz CT molecular complexity index is 399. The standard InChI is InChI=1S/C13H16O4/c1-16-11-5-9(6-12(7-11)17-2)8-3-10(4-8)13(14)15/h5-8,10H,3-4H2,1-2H3,(H,14,15). The number of hydrogen-bond acceptors (Lipinski definition) is 3. The normalized spacial score (nSPS) is 22.7. The molecule has 92 valence electrons. The first kappa shape index (κ1) is 11.8. The minimum absolute atomic E-state index is 0.197. The third kappa shape index (κ3) is 2.35. The molecule has 17 heavy (non-hydrogen) atoms. The van der Waals surface area contributed by atoms with E-state index in [4.69, 9.17) is 14.6 Å². The highest BCUT2D eigenvalue weighted by Crippen LogP contribution is 2.43. The molecule has 0 radical (unpaired) electrons. The van der Waals surface area contributed by atoms with Crippen LogP contribution in [0.1, 0.15) is 24.3 Å². The molecule has 0 spiro atoms. The highest BCUT2D eigenvalue weighted by atomic mass is 16.5. The summed E-state index contributed by atoms with van der Waals surface area (Å²) >= 11 is 0. The first-order valence-corrected chi connectivity index (χ1v) is 5.59. The molecule has 0 atom stereocenters. The number of rotatable bonds is 4. The molecule has 0 heterocycles. The number of methoxy groups -OCH3 is 2. The molecule has 0 aromatic heterocycles. The summed E-state index contributed by atoms with van der Waals surface area (Å²) in [7, 11) is 3.22. The summed E-state index contributed by atoms with van der Waals surface area (Å²) in [6.45, 7) is 0. The van der Waals surface area contributed by atoms with Gasteiger partial charge in [0.1, 0.15) is 11.5 Å². The lowest BCUT2D eigenvalue weighted by Gasteiger charge is -2.32. The van der Waals surface area contributed by atoms with Crippen molar-refractivity contribution in [2.75, 3.05) is 14.2 Å². The summed E-state index contributed by atoms with van der Waals surface area (Å²) in [5.74, 6) is 0.907. The number of aliphatic carboxylic acids is 1. The van der Waals surface area contributed by atoms with E-state index in [9.17, 15) is 4.79 Å². The SMILES string of the molecule is COc1cc(OC)cc(C2CC(C(=O)O)C2)c1. The molecule has 0 amide bonds. The van der Waals surface area contributed by atoms with Crippen molar-refractivity contribution in [1.29, 1.82) is 0 Å². The number of hydrogen-bond donors (Lipinski definition) is 1. The summed E-state index contributed by atoms with van der Waals surface area (Å²) in [6, 6.07) is 5.72. The molecule has 0 aliphatic heterocycles. The van der Waals surface area contributed by atoms with Gasteiger partial charge in [0.15, 0.2) is 0 Å². The molecule has 1 aliphatic carbocycles. The Balaban J connectivity index is 2.14. The molecule has 1 N–H and O–H groups in total. The van der Waals surface area contributed by atoms with Gasteiger partial charge in [-0.2, -0.15) is 0 Å². The van der Waals surface area contributed by atoms with E-state index in [-0.39, 0.29) is 5.92 Å². The molecule has 1 aliphatic rings. The van der Waals surface area contributed by atoms with Crippen molar-refractivity contribution in [3.8, 4) is 11.5 Å². The van der Waals surface area contributed by atoms with Gasteiger partial charge in [-0.25, -0.2) is 0 Å². The van der Waals surface area contributed by atoms with Gasteiger partial charge in [0.2, 0.25) is 0 Å². The van der Waals surface area contributed by atoms with Gasteiger partial charge in [0, 0.05) is 6.07 Å². The van der Waals surface area contributed by atoms with Crippen molar-refractivity contribution in [2.24, 2.45) is 5.92 Å². The average molecular weight is 236 g/mol.